The summed E-state index contributed by atoms with van der Waals surface area (Å²) in [6, 6.07) is 46.2. The van der Waals surface area contributed by atoms with Gasteiger partial charge >= 0.3 is 0 Å². The Labute approximate surface area is 210 Å². The maximum atomic E-state index is 6.35. The third kappa shape index (κ3) is 3.21. The fourth-order valence-electron chi connectivity index (χ4n) is 5.77. The molecule has 0 spiro atoms. The standard InChI is InChI=1S/C35H25N/c36-22-28-18-17-27(34-29-13-5-1-9-23(29)19-24-10-2-6-14-30(24)34)21-33(28)35-31-15-7-3-11-25(31)20-26-12-4-8-16-32(26)35/h1-21H,22,36H2. The van der Waals surface area contributed by atoms with Crippen molar-refractivity contribution in [3.05, 3.63) is 133 Å². The Balaban J connectivity index is 1.61. The molecule has 7 aromatic rings. The highest BCUT2D eigenvalue weighted by molar-refractivity contribution is 6.15. The van der Waals surface area contributed by atoms with E-state index in [0.717, 1.165) is 5.56 Å². The summed E-state index contributed by atoms with van der Waals surface area (Å²) in [5, 5.41) is 10.1. The van der Waals surface area contributed by atoms with Crippen LogP contribution in [0.1, 0.15) is 5.56 Å². The van der Waals surface area contributed by atoms with E-state index in [9.17, 15) is 0 Å². The first kappa shape index (κ1) is 20.9. The van der Waals surface area contributed by atoms with Gasteiger partial charge in [-0.05, 0) is 89.1 Å². The van der Waals surface area contributed by atoms with E-state index in [4.69, 9.17) is 5.73 Å². The van der Waals surface area contributed by atoms with Crippen LogP contribution in [0, 0.1) is 0 Å². The average molecular weight is 460 g/mol. The molecule has 0 heterocycles. The van der Waals surface area contributed by atoms with E-state index in [1.54, 1.807) is 0 Å². The van der Waals surface area contributed by atoms with Gasteiger partial charge in [0, 0.05) is 6.54 Å². The molecule has 0 saturated heterocycles. The number of hydrogen-bond acceptors (Lipinski definition) is 1. The van der Waals surface area contributed by atoms with Gasteiger partial charge < -0.3 is 5.73 Å². The van der Waals surface area contributed by atoms with Gasteiger partial charge in [-0.1, -0.05) is 109 Å². The van der Waals surface area contributed by atoms with Crippen molar-refractivity contribution in [2.45, 2.75) is 6.54 Å². The molecule has 2 N–H and O–H groups in total. The van der Waals surface area contributed by atoms with E-state index in [0.29, 0.717) is 6.54 Å². The Morgan fingerprint density at radius 3 is 1.28 bits per heavy atom. The van der Waals surface area contributed by atoms with Crippen LogP contribution < -0.4 is 5.73 Å². The van der Waals surface area contributed by atoms with Crippen LogP contribution in [-0.4, -0.2) is 0 Å². The van der Waals surface area contributed by atoms with Crippen LogP contribution in [0.5, 0.6) is 0 Å². The van der Waals surface area contributed by atoms with Crippen LogP contribution in [0.25, 0.3) is 65.3 Å². The maximum Gasteiger partial charge on any atom is 0.0184 e. The summed E-state index contributed by atoms with van der Waals surface area (Å²) in [6.07, 6.45) is 0. The van der Waals surface area contributed by atoms with Crippen molar-refractivity contribution in [2.24, 2.45) is 5.73 Å². The van der Waals surface area contributed by atoms with Gasteiger partial charge in [0.2, 0.25) is 0 Å². The van der Waals surface area contributed by atoms with Crippen molar-refractivity contribution >= 4 is 43.1 Å². The molecule has 0 aliphatic heterocycles. The van der Waals surface area contributed by atoms with Crippen LogP contribution in [0.2, 0.25) is 0 Å². The van der Waals surface area contributed by atoms with Crippen LogP contribution in [0.3, 0.4) is 0 Å². The first-order chi connectivity index (χ1) is 17.8. The lowest BCUT2D eigenvalue weighted by Gasteiger charge is -2.18. The van der Waals surface area contributed by atoms with Crippen molar-refractivity contribution in [1.29, 1.82) is 0 Å². The van der Waals surface area contributed by atoms with Crippen molar-refractivity contribution in [3.63, 3.8) is 0 Å². The predicted molar refractivity (Wildman–Crippen MR) is 155 cm³/mol. The van der Waals surface area contributed by atoms with Gasteiger partial charge in [-0.3, -0.25) is 0 Å². The molecule has 0 aliphatic carbocycles. The van der Waals surface area contributed by atoms with Gasteiger partial charge in [-0.25, -0.2) is 0 Å². The van der Waals surface area contributed by atoms with Gasteiger partial charge in [0.1, 0.15) is 0 Å². The van der Waals surface area contributed by atoms with E-state index < -0.39 is 0 Å². The minimum Gasteiger partial charge on any atom is -0.326 e. The van der Waals surface area contributed by atoms with Crippen molar-refractivity contribution in [1.82, 2.24) is 0 Å². The Bertz CT molecular complexity index is 1820. The average Bonchev–Trinajstić information content (AvgIpc) is 2.94. The highest BCUT2D eigenvalue weighted by atomic mass is 14.5. The van der Waals surface area contributed by atoms with Crippen LogP contribution in [-0.2, 0) is 6.54 Å². The molecule has 0 atom stereocenters. The number of hydrogen-bond donors (Lipinski definition) is 1. The van der Waals surface area contributed by atoms with Crippen molar-refractivity contribution in [2.75, 3.05) is 0 Å². The Morgan fingerprint density at radius 1 is 0.417 bits per heavy atom. The van der Waals surface area contributed by atoms with Crippen LogP contribution >= 0.6 is 0 Å². The van der Waals surface area contributed by atoms with Gasteiger partial charge in [-0.15, -0.1) is 0 Å². The molecular formula is C35H25N. The fraction of sp³-hybridized carbons (Fsp3) is 0.0286. The molecular weight excluding hydrogens is 434 g/mol. The number of rotatable bonds is 3. The zero-order chi connectivity index (χ0) is 24.1. The van der Waals surface area contributed by atoms with Crippen molar-refractivity contribution < 1.29 is 0 Å². The third-order valence-electron chi connectivity index (χ3n) is 7.43. The summed E-state index contributed by atoms with van der Waals surface area (Å²) in [7, 11) is 0. The Kier molecular flexibility index (Phi) is 4.83. The van der Waals surface area contributed by atoms with E-state index in [1.165, 1.54) is 65.3 Å². The zero-order valence-electron chi connectivity index (χ0n) is 19.9. The quantitative estimate of drug-likeness (QED) is 0.262. The largest absolute Gasteiger partial charge is 0.326 e. The molecule has 0 aromatic heterocycles. The molecule has 0 amide bonds. The SMILES string of the molecule is NCc1ccc(-c2c3ccccc3cc3ccccc23)cc1-c1c2ccccc2cc2ccccc12. The summed E-state index contributed by atoms with van der Waals surface area (Å²) in [5.74, 6) is 0. The van der Waals surface area contributed by atoms with E-state index in [-0.39, 0.29) is 0 Å². The van der Waals surface area contributed by atoms with Crippen molar-refractivity contribution in [3.8, 4) is 22.3 Å². The summed E-state index contributed by atoms with van der Waals surface area (Å²) in [5.41, 5.74) is 12.5. The van der Waals surface area contributed by atoms with E-state index in [1.807, 2.05) is 0 Å². The molecule has 1 heteroatoms. The molecule has 7 rings (SSSR count). The van der Waals surface area contributed by atoms with E-state index >= 15 is 0 Å². The van der Waals surface area contributed by atoms with Crippen LogP contribution in [0.15, 0.2) is 127 Å². The van der Waals surface area contributed by atoms with Gasteiger partial charge in [0.25, 0.3) is 0 Å². The lowest BCUT2D eigenvalue weighted by Crippen LogP contribution is -2.00. The fourth-order valence-corrected chi connectivity index (χ4v) is 5.77. The Hall–Kier alpha value is -4.46. The maximum absolute atomic E-state index is 6.35. The topological polar surface area (TPSA) is 26.0 Å². The highest BCUT2D eigenvalue weighted by Crippen LogP contribution is 2.42. The van der Waals surface area contributed by atoms with Gasteiger partial charge in [0.15, 0.2) is 0 Å². The molecule has 0 aliphatic rings. The van der Waals surface area contributed by atoms with Gasteiger partial charge in [-0.2, -0.15) is 0 Å². The predicted octanol–water partition coefficient (Wildman–Crippen LogP) is 9.09. The highest BCUT2D eigenvalue weighted by Gasteiger charge is 2.16. The number of benzene rings is 7. The van der Waals surface area contributed by atoms with Gasteiger partial charge in [0.05, 0.1) is 0 Å². The molecule has 0 unspecified atom stereocenters. The molecule has 0 radical (unpaired) electrons. The third-order valence-corrected chi connectivity index (χ3v) is 7.43. The summed E-state index contributed by atoms with van der Waals surface area (Å²) >= 11 is 0. The first-order valence-corrected chi connectivity index (χ1v) is 12.5. The smallest absolute Gasteiger partial charge is 0.0184 e. The molecule has 7 aromatic carbocycles. The minimum absolute atomic E-state index is 0.490. The summed E-state index contributed by atoms with van der Waals surface area (Å²) < 4.78 is 0. The second kappa shape index (κ2) is 8.34. The molecule has 0 bridgehead atoms. The second-order valence-electron chi connectivity index (χ2n) is 9.46. The second-order valence-corrected chi connectivity index (χ2v) is 9.46. The molecule has 0 fully saturated rings. The summed E-state index contributed by atoms with van der Waals surface area (Å²) in [6.45, 7) is 0.490. The molecule has 170 valence electrons. The molecule has 0 saturated carbocycles. The molecule has 36 heavy (non-hydrogen) atoms. The minimum atomic E-state index is 0.490. The van der Waals surface area contributed by atoms with E-state index in [2.05, 4.69) is 127 Å². The lowest BCUT2D eigenvalue weighted by molar-refractivity contribution is 1.08. The zero-order valence-corrected chi connectivity index (χ0v) is 19.9. The lowest BCUT2D eigenvalue weighted by atomic mass is 9.86. The van der Waals surface area contributed by atoms with Crippen LogP contribution in [0.4, 0.5) is 0 Å². The first-order valence-electron chi connectivity index (χ1n) is 12.5. The molecule has 1 nitrogen and oxygen atoms in total. The number of nitrogens with two attached hydrogens (primary N) is 1. The normalized spacial score (nSPS) is 11.6. The Morgan fingerprint density at radius 2 is 0.833 bits per heavy atom. The number of fused-ring (bicyclic) bond motifs is 4. The summed E-state index contributed by atoms with van der Waals surface area (Å²) in [4.78, 5) is 0. The monoisotopic (exact) mass is 459 g/mol.